The van der Waals surface area contributed by atoms with Crippen LogP contribution in [0.15, 0.2) is 54.9 Å². The molecule has 1 N–H and O–H groups in total. The number of aryl methyl sites for hydroxylation is 2. The molecule has 1 aromatic heterocycles. The van der Waals surface area contributed by atoms with E-state index >= 15 is 0 Å². The number of pyridine rings is 1. The first kappa shape index (κ1) is 29.9. The zero-order valence-electron chi connectivity index (χ0n) is 22.7. The van der Waals surface area contributed by atoms with Crippen LogP contribution in [0.1, 0.15) is 76.8 Å². The molecule has 0 amide bonds. The van der Waals surface area contributed by atoms with Crippen molar-refractivity contribution in [1.29, 1.82) is 0 Å². The molecule has 0 bridgehead atoms. The van der Waals surface area contributed by atoms with Gasteiger partial charge in [0.15, 0.2) is 6.29 Å². The van der Waals surface area contributed by atoms with Crippen LogP contribution in [0, 0.1) is 11.3 Å². The van der Waals surface area contributed by atoms with Crippen molar-refractivity contribution >= 4 is 12.1 Å². The molecule has 5 nitrogen and oxygen atoms in total. The van der Waals surface area contributed by atoms with Crippen molar-refractivity contribution in [1.82, 2.24) is 9.88 Å². The number of likely N-dealkylation sites (tertiary alicyclic amines) is 1. The van der Waals surface area contributed by atoms with Crippen molar-refractivity contribution in [2.75, 3.05) is 13.6 Å². The van der Waals surface area contributed by atoms with Crippen LogP contribution < -0.4 is 0 Å². The average Bonchev–Trinajstić information content (AvgIpc) is 3.30. The Kier molecular flexibility index (Phi) is 13.0. The minimum absolute atomic E-state index is 0.201. The Morgan fingerprint density at radius 3 is 2.42 bits per heavy atom. The third-order valence-electron chi connectivity index (χ3n) is 7.80. The summed E-state index contributed by atoms with van der Waals surface area (Å²) in [4.78, 5) is 27.3. The van der Waals surface area contributed by atoms with Crippen molar-refractivity contribution < 1.29 is 14.7 Å². The zero-order chi connectivity index (χ0) is 26.4. The first-order valence-corrected chi connectivity index (χ1v) is 13.6. The van der Waals surface area contributed by atoms with Gasteiger partial charge in [0.25, 0.3) is 0 Å². The highest BCUT2D eigenvalue weighted by atomic mass is 16.3. The van der Waals surface area contributed by atoms with Gasteiger partial charge in [0, 0.05) is 23.9 Å². The number of carbonyl (C=O) groups excluding carboxylic acids is 2. The van der Waals surface area contributed by atoms with E-state index in [1.54, 1.807) is 13.8 Å². The van der Waals surface area contributed by atoms with Gasteiger partial charge in [-0.3, -0.25) is 14.6 Å². The van der Waals surface area contributed by atoms with Gasteiger partial charge in [0.05, 0.1) is 6.10 Å². The van der Waals surface area contributed by atoms with Crippen molar-refractivity contribution in [2.24, 2.45) is 11.3 Å². The van der Waals surface area contributed by atoms with Gasteiger partial charge in [-0.05, 0) is 94.5 Å². The number of ketones is 1. The number of aliphatic hydroxyl groups excluding tert-OH is 1. The molecule has 3 rings (SSSR count). The highest BCUT2D eigenvalue weighted by Crippen LogP contribution is 2.27. The molecule has 2 aromatic rings. The molecule has 0 aliphatic carbocycles. The molecule has 0 saturated carbocycles. The largest absolute Gasteiger partial charge is 0.393 e. The summed E-state index contributed by atoms with van der Waals surface area (Å²) in [6.45, 7) is 6.60. The van der Waals surface area contributed by atoms with E-state index in [0.29, 0.717) is 24.7 Å². The van der Waals surface area contributed by atoms with Crippen LogP contribution in [-0.4, -0.2) is 52.8 Å². The van der Waals surface area contributed by atoms with E-state index in [9.17, 15) is 14.7 Å². The Labute approximate surface area is 218 Å². The number of hydrogen-bond acceptors (Lipinski definition) is 5. The van der Waals surface area contributed by atoms with Crippen LogP contribution in [0.4, 0.5) is 0 Å². The maximum Gasteiger partial charge on any atom is 0.200 e. The molecule has 1 fully saturated rings. The summed E-state index contributed by atoms with van der Waals surface area (Å²) in [5, 5.41) is 11.0. The van der Waals surface area contributed by atoms with E-state index in [4.69, 9.17) is 0 Å². The second kappa shape index (κ2) is 15.7. The third-order valence-corrected chi connectivity index (χ3v) is 7.80. The molecule has 5 heteroatoms. The quantitative estimate of drug-likeness (QED) is 0.286. The van der Waals surface area contributed by atoms with Crippen LogP contribution in [0.3, 0.4) is 0 Å². The number of nitrogens with zero attached hydrogens (tertiary/aromatic N) is 2. The second-order valence-corrected chi connectivity index (χ2v) is 10.8. The van der Waals surface area contributed by atoms with Gasteiger partial charge in [-0.25, -0.2) is 0 Å². The highest BCUT2D eigenvalue weighted by molar-refractivity contribution is 6.27. The fraction of sp³-hybridized carbons (Fsp3) is 0.581. The van der Waals surface area contributed by atoms with Crippen molar-refractivity contribution in [3.63, 3.8) is 0 Å². The van der Waals surface area contributed by atoms with Crippen LogP contribution in [0.5, 0.6) is 0 Å². The van der Waals surface area contributed by atoms with Gasteiger partial charge in [-0.1, -0.05) is 57.2 Å². The Balaban J connectivity index is 0.000000434. The molecular formula is C31H46N2O3. The predicted octanol–water partition coefficient (Wildman–Crippen LogP) is 5.69. The van der Waals surface area contributed by atoms with E-state index in [-0.39, 0.29) is 11.9 Å². The summed E-state index contributed by atoms with van der Waals surface area (Å²) < 4.78 is 0. The van der Waals surface area contributed by atoms with Crippen LogP contribution >= 0.6 is 0 Å². The second-order valence-electron chi connectivity index (χ2n) is 10.8. The van der Waals surface area contributed by atoms with Crippen LogP contribution in [0.25, 0.3) is 0 Å². The van der Waals surface area contributed by atoms with Gasteiger partial charge >= 0.3 is 0 Å². The van der Waals surface area contributed by atoms with E-state index in [1.165, 1.54) is 30.5 Å². The maximum absolute atomic E-state index is 11.0. The van der Waals surface area contributed by atoms with Crippen LogP contribution in [-0.2, 0) is 22.4 Å². The minimum atomic E-state index is -0.457. The summed E-state index contributed by atoms with van der Waals surface area (Å²) in [6, 6.07) is 15.4. The lowest BCUT2D eigenvalue weighted by Gasteiger charge is -2.28. The summed E-state index contributed by atoms with van der Waals surface area (Å²) in [5.74, 6) is 0.0564. The summed E-state index contributed by atoms with van der Waals surface area (Å²) in [5.41, 5.74) is 2.21. The van der Waals surface area contributed by atoms with Crippen molar-refractivity contribution in [2.45, 2.75) is 90.7 Å². The Morgan fingerprint density at radius 1 is 1.14 bits per heavy atom. The topological polar surface area (TPSA) is 70.5 Å². The molecule has 0 spiro atoms. The average molecular weight is 495 g/mol. The zero-order valence-corrected chi connectivity index (χ0v) is 22.7. The number of benzene rings is 1. The molecule has 36 heavy (non-hydrogen) atoms. The molecule has 1 aliphatic heterocycles. The first-order valence-electron chi connectivity index (χ1n) is 13.6. The molecule has 1 aromatic carbocycles. The predicted molar refractivity (Wildman–Crippen MR) is 147 cm³/mol. The first-order chi connectivity index (χ1) is 17.3. The standard InChI is InChI=1S/C24H34N2O.C7H12O2/c1-26-17-7-13-23(26)18-24(27)22(15-14-20-8-3-2-4-9-20)12-5-10-21-11-6-16-25-19-21;1-4-7(2,3)6(9)5-8/h2-4,6,8-9,11,16,19,22-24,27H,5,7,10,12-15,17-18H2,1H3;5H,4H2,1-3H3. The molecule has 2 heterocycles. The minimum Gasteiger partial charge on any atom is -0.393 e. The molecular weight excluding hydrogens is 448 g/mol. The maximum atomic E-state index is 11.0. The smallest absolute Gasteiger partial charge is 0.200 e. The fourth-order valence-electron chi connectivity index (χ4n) is 4.72. The van der Waals surface area contributed by atoms with Gasteiger partial charge in [-0.15, -0.1) is 0 Å². The van der Waals surface area contributed by atoms with Crippen LogP contribution in [0.2, 0.25) is 0 Å². The normalized spacial score (nSPS) is 17.6. The molecule has 0 radical (unpaired) electrons. The molecule has 3 unspecified atom stereocenters. The molecule has 1 saturated heterocycles. The Bertz CT molecular complexity index is 885. The molecule has 198 valence electrons. The molecule has 3 atom stereocenters. The fourth-order valence-corrected chi connectivity index (χ4v) is 4.72. The number of carbonyl (C=O) groups is 2. The van der Waals surface area contributed by atoms with Crippen molar-refractivity contribution in [3.8, 4) is 0 Å². The summed E-state index contributed by atoms with van der Waals surface area (Å²) >= 11 is 0. The number of aldehydes is 1. The van der Waals surface area contributed by atoms with Gasteiger partial charge in [-0.2, -0.15) is 0 Å². The number of hydrogen-bond donors (Lipinski definition) is 1. The monoisotopic (exact) mass is 494 g/mol. The van der Waals surface area contributed by atoms with Gasteiger partial charge in [0.1, 0.15) is 0 Å². The van der Waals surface area contributed by atoms with E-state index < -0.39 is 5.41 Å². The lowest BCUT2D eigenvalue weighted by atomic mass is 9.86. The summed E-state index contributed by atoms with van der Waals surface area (Å²) in [6.07, 6.45) is 13.5. The van der Waals surface area contributed by atoms with E-state index in [0.717, 1.165) is 38.5 Å². The SMILES string of the molecule is CCC(C)(C)C(=O)C=O.CN1CCCC1CC(O)C(CCCc1cccnc1)CCc1ccccc1. The number of rotatable bonds is 13. The lowest BCUT2D eigenvalue weighted by Crippen LogP contribution is -2.32. The van der Waals surface area contributed by atoms with E-state index in [2.05, 4.69) is 53.3 Å². The number of aliphatic hydroxyl groups is 1. The Morgan fingerprint density at radius 2 is 1.86 bits per heavy atom. The van der Waals surface area contributed by atoms with Crippen molar-refractivity contribution in [3.05, 3.63) is 66.0 Å². The number of Topliss-reactive ketones (excluding diaryl/α,β-unsaturated/α-hetero) is 1. The van der Waals surface area contributed by atoms with E-state index in [1.807, 2.05) is 25.4 Å². The third kappa shape index (κ3) is 10.3. The highest BCUT2D eigenvalue weighted by Gasteiger charge is 2.27. The lowest BCUT2D eigenvalue weighted by molar-refractivity contribution is -0.135. The molecule has 1 aliphatic rings. The summed E-state index contributed by atoms with van der Waals surface area (Å²) in [7, 11) is 2.20. The van der Waals surface area contributed by atoms with Gasteiger partial charge < -0.3 is 10.0 Å². The van der Waals surface area contributed by atoms with Gasteiger partial charge in [0.2, 0.25) is 5.78 Å². The number of aromatic nitrogens is 1. The Hall–Kier alpha value is -2.37.